The first-order chi connectivity index (χ1) is 10.2. The quantitative estimate of drug-likeness (QED) is 0.935. The van der Waals surface area contributed by atoms with Crippen LogP contribution in [-0.4, -0.2) is 17.1 Å². The maximum absolute atomic E-state index is 9.76. The van der Waals surface area contributed by atoms with Gasteiger partial charge in [-0.3, -0.25) is 4.90 Å². The summed E-state index contributed by atoms with van der Waals surface area (Å²) in [6.45, 7) is 4.56. The average molecular weight is 283 g/mol. The lowest BCUT2D eigenvalue weighted by Gasteiger charge is -2.18. The number of methoxy groups -OCH3 is 1. The molecule has 0 aromatic heterocycles. The van der Waals surface area contributed by atoms with Gasteiger partial charge in [-0.05, 0) is 35.7 Å². The molecule has 1 aliphatic heterocycles. The molecule has 1 aliphatic rings. The fourth-order valence-electron chi connectivity index (χ4n) is 2.94. The number of rotatable bonds is 4. The summed E-state index contributed by atoms with van der Waals surface area (Å²) in [6.07, 6.45) is -0.453. The first kappa shape index (κ1) is 14.1. The standard InChI is InChI=1S/C18H21NO2/c1-13(20)14-7-8-18(21-2)17(9-14)12-19-10-15-5-3-4-6-16(15)11-19/h3-9,13,20H,10-12H2,1-2H3. The molecular formula is C18H21NO2. The lowest BCUT2D eigenvalue weighted by molar-refractivity contribution is 0.198. The molecule has 1 heterocycles. The smallest absolute Gasteiger partial charge is 0.123 e. The normalized spacial score (nSPS) is 15.8. The topological polar surface area (TPSA) is 32.7 Å². The molecule has 0 bridgehead atoms. The molecule has 0 radical (unpaired) electrons. The molecule has 3 heteroatoms. The highest BCUT2D eigenvalue weighted by Gasteiger charge is 2.19. The van der Waals surface area contributed by atoms with Gasteiger partial charge in [-0.15, -0.1) is 0 Å². The zero-order chi connectivity index (χ0) is 14.8. The minimum absolute atomic E-state index is 0.453. The number of aliphatic hydroxyl groups excluding tert-OH is 1. The van der Waals surface area contributed by atoms with Crippen LogP contribution in [0.25, 0.3) is 0 Å². The Bertz CT molecular complexity index is 612. The summed E-state index contributed by atoms with van der Waals surface area (Å²) in [4.78, 5) is 2.40. The molecule has 21 heavy (non-hydrogen) atoms. The summed E-state index contributed by atoms with van der Waals surface area (Å²) in [5.41, 5.74) is 4.87. The molecule has 1 N–H and O–H groups in total. The van der Waals surface area contributed by atoms with Gasteiger partial charge in [0, 0.05) is 25.2 Å². The molecule has 1 atom stereocenters. The van der Waals surface area contributed by atoms with Crippen molar-refractivity contribution in [2.75, 3.05) is 7.11 Å². The lowest BCUT2D eigenvalue weighted by Crippen LogP contribution is -2.16. The maximum atomic E-state index is 9.76. The number of fused-ring (bicyclic) bond motifs is 1. The van der Waals surface area contributed by atoms with E-state index in [1.807, 2.05) is 18.2 Å². The number of hydrogen-bond donors (Lipinski definition) is 1. The van der Waals surface area contributed by atoms with E-state index in [1.165, 1.54) is 11.1 Å². The van der Waals surface area contributed by atoms with Crippen molar-refractivity contribution in [2.45, 2.75) is 32.7 Å². The van der Waals surface area contributed by atoms with E-state index in [0.717, 1.165) is 36.5 Å². The van der Waals surface area contributed by atoms with Crippen LogP contribution in [0.2, 0.25) is 0 Å². The van der Waals surface area contributed by atoms with Crippen molar-refractivity contribution < 1.29 is 9.84 Å². The van der Waals surface area contributed by atoms with Crippen molar-refractivity contribution in [2.24, 2.45) is 0 Å². The van der Waals surface area contributed by atoms with E-state index in [0.29, 0.717) is 0 Å². The highest BCUT2D eigenvalue weighted by atomic mass is 16.5. The van der Waals surface area contributed by atoms with E-state index in [-0.39, 0.29) is 0 Å². The zero-order valence-electron chi connectivity index (χ0n) is 12.5. The minimum Gasteiger partial charge on any atom is -0.496 e. The van der Waals surface area contributed by atoms with Crippen LogP contribution >= 0.6 is 0 Å². The minimum atomic E-state index is -0.453. The van der Waals surface area contributed by atoms with Gasteiger partial charge in [-0.2, -0.15) is 0 Å². The lowest BCUT2D eigenvalue weighted by atomic mass is 10.1. The van der Waals surface area contributed by atoms with Gasteiger partial charge in [0.1, 0.15) is 5.75 Å². The van der Waals surface area contributed by atoms with Crippen LogP contribution in [0.15, 0.2) is 42.5 Å². The van der Waals surface area contributed by atoms with Crippen LogP contribution in [0, 0.1) is 0 Å². The Morgan fingerprint density at radius 3 is 2.38 bits per heavy atom. The number of hydrogen-bond acceptors (Lipinski definition) is 3. The number of aliphatic hydroxyl groups is 1. The molecule has 3 rings (SSSR count). The monoisotopic (exact) mass is 283 g/mol. The molecular weight excluding hydrogens is 262 g/mol. The van der Waals surface area contributed by atoms with E-state index in [9.17, 15) is 5.11 Å². The van der Waals surface area contributed by atoms with Crippen LogP contribution in [0.4, 0.5) is 0 Å². The van der Waals surface area contributed by atoms with E-state index >= 15 is 0 Å². The highest BCUT2D eigenvalue weighted by Crippen LogP contribution is 2.29. The molecule has 0 saturated heterocycles. The molecule has 0 aliphatic carbocycles. The van der Waals surface area contributed by atoms with Gasteiger partial charge in [0.2, 0.25) is 0 Å². The highest BCUT2D eigenvalue weighted by molar-refractivity contribution is 5.39. The Morgan fingerprint density at radius 1 is 1.14 bits per heavy atom. The molecule has 0 amide bonds. The summed E-state index contributed by atoms with van der Waals surface area (Å²) in [5, 5.41) is 9.76. The Balaban J connectivity index is 1.81. The van der Waals surface area contributed by atoms with Crippen molar-refractivity contribution in [3.05, 3.63) is 64.7 Å². The van der Waals surface area contributed by atoms with Crippen LogP contribution in [0.1, 0.15) is 35.3 Å². The summed E-state index contributed by atoms with van der Waals surface area (Å²) >= 11 is 0. The third kappa shape index (κ3) is 2.94. The second kappa shape index (κ2) is 5.88. The average Bonchev–Trinajstić information content (AvgIpc) is 2.89. The van der Waals surface area contributed by atoms with Crippen molar-refractivity contribution in [3.8, 4) is 5.75 Å². The first-order valence-corrected chi connectivity index (χ1v) is 7.31. The third-order valence-corrected chi connectivity index (χ3v) is 4.09. The van der Waals surface area contributed by atoms with E-state index in [1.54, 1.807) is 14.0 Å². The van der Waals surface area contributed by atoms with Gasteiger partial charge in [0.25, 0.3) is 0 Å². The zero-order valence-corrected chi connectivity index (χ0v) is 12.5. The molecule has 110 valence electrons. The second-order valence-electron chi connectivity index (χ2n) is 5.66. The Morgan fingerprint density at radius 2 is 1.81 bits per heavy atom. The van der Waals surface area contributed by atoms with Crippen LogP contribution in [0.5, 0.6) is 5.75 Å². The maximum Gasteiger partial charge on any atom is 0.123 e. The van der Waals surface area contributed by atoms with Gasteiger partial charge < -0.3 is 9.84 Å². The Labute approximate surface area is 125 Å². The summed E-state index contributed by atoms with van der Waals surface area (Å²) in [5.74, 6) is 0.885. The number of benzene rings is 2. The first-order valence-electron chi connectivity index (χ1n) is 7.31. The predicted molar refractivity (Wildman–Crippen MR) is 83.0 cm³/mol. The van der Waals surface area contributed by atoms with Gasteiger partial charge in [-0.1, -0.05) is 30.3 Å². The molecule has 1 unspecified atom stereocenters. The van der Waals surface area contributed by atoms with Crippen molar-refractivity contribution in [1.29, 1.82) is 0 Å². The molecule has 2 aromatic rings. The third-order valence-electron chi connectivity index (χ3n) is 4.09. The van der Waals surface area contributed by atoms with Gasteiger partial charge in [-0.25, -0.2) is 0 Å². The molecule has 0 spiro atoms. The van der Waals surface area contributed by atoms with Gasteiger partial charge in [0.15, 0.2) is 0 Å². The van der Waals surface area contributed by atoms with Crippen LogP contribution < -0.4 is 4.74 Å². The molecule has 0 fully saturated rings. The number of ether oxygens (including phenoxy) is 1. The molecule has 2 aromatic carbocycles. The summed E-state index contributed by atoms with van der Waals surface area (Å²) < 4.78 is 5.46. The van der Waals surface area contributed by atoms with E-state index < -0.39 is 6.10 Å². The van der Waals surface area contributed by atoms with E-state index in [4.69, 9.17) is 4.74 Å². The summed E-state index contributed by atoms with van der Waals surface area (Å²) in [6, 6.07) is 14.5. The number of nitrogens with zero attached hydrogens (tertiary/aromatic N) is 1. The van der Waals surface area contributed by atoms with Crippen LogP contribution in [0.3, 0.4) is 0 Å². The van der Waals surface area contributed by atoms with E-state index in [2.05, 4.69) is 29.2 Å². The largest absolute Gasteiger partial charge is 0.496 e. The van der Waals surface area contributed by atoms with Gasteiger partial charge in [0.05, 0.1) is 13.2 Å². The Kier molecular flexibility index (Phi) is 3.95. The Hall–Kier alpha value is -1.84. The van der Waals surface area contributed by atoms with Crippen molar-refractivity contribution in [3.63, 3.8) is 0 Å². The SMILES string of the molecule is COc1ccc(C(C)O)cc1CN1Cc2ccccc2C1. The van der Waals surface area contributed by atoms with Crippen LogP contribution in [-0.2, 0) is 19.6 Å². The fourth-order valence-corrected chi connectivity index (χ4v) is 2.94. The summed E-state index contributed by atoms with van der Waals surface area (Å²) in [7, 11) is 1.69. The molecule has 3 nitrogen and oxygen atoms in total. The van der Waals surface area contributed by atoms with Gasteiger partial charge >= 0.3 is 0 Å². The van der Waals surface area contributed by atoms with Crippen molar-refractivity contribution >= 4 is 0 Å². The molecule has 0 saturated carbocycles. The predicted octanol–water partition coefficient (Wildman–Crippen LogP) is 3.26. The fraction of sp³-hybridized carbons (Fsp3) is 0.333. The van der Waals surface area contributed by atoms with Crippen molar-refractivity contribution in [1.82, 2.24) is 4.90 Å². The second-order valence-corrected chi connectivity index (χ2v) is 5.66.